The van der Waals surface area contributed by atoms with Crippen LogP contribution in [0.2, 0.25) is 0 Å². The lowest BCUT2D eigenvalue weighted by Crippen LogP contribution is -2.35. The molecule has 31 heavy (non-hydrogen) atoms. The van der Waals surface area contributed by atoms with Gasteiger partial charge in [0.1, 0.15) is 10.6 Å². The third-order valence-electron chi connectivity index (χ3n) is 5.91. The molecule has 0 amide bonds. The largest absolute Gasteiger partial charge is 0.497 e. The third kappa shape index (κ3) is 5.35. The average molecular weight is 440 g/mol. The molecule has 7 heteroatoms. The number of hydrogen-bond acceptors (Lipinski definition) is 5. The van der Waals surface area contributed by atoms with Gasteiger partial charge in [-0.05, 0) is 66.6 Å². The first-order valence-corrected chi connectivity index (χ1v) is 12.5. The summed E-state index contributed by atoms with van der Waals surface area (Å²) in [5.41, 5.74) is 4.33. The van der Waals surface area contributed by atoms with E-state index in [2.05, 4.69) is 51.5 Å². The van der Waals surface area contributed by atoms with E-state index in [1.165, 1.54) is 23.6 Å². The number of H-pyrrole nitrogens is 1. The quantitative estimate of drug-likeness (QED) is 0.603. The van der Waals surface area contributed by atoms with Gasteiger partial charge in [0.2, 0.25) is 0 Å². The molecule has 164 valence electrons. The molecule has 0 saturated carbocycles. The first kappa shape index (κ1) is 21.6. The molecule has 1 saturated heterocycles. The van der Waals surface area contributed by atoms with Crippen LogP contribution in [0.15, 0.2) is 59.6 Å². The van der Waals surface area contributed by atoms with Gasteiger partial charge < -0.3 is 4.74 Å². The summed E-state index contributed by atoms with van der Waals surface area (Å²) in [4.78, 5) is 2.80. The summed E-state index contributed by atoms with van der Waals surface area (Å²) in [5, 5.41) is 6.87. The maximum Gasteiger partial charge on any atom is 0.178 e. The first-order chi connectivity index (χ1) is 14.9. The predicted octanol–water partition coefficient (Wildman–Crippen LogP) is 3.94. The lowest BCUT2D eigenvalue weighted by Gasteiger charge is -2.32. The highest BCUT2D eigenvalue weighted by Crippen LogP contribution is 2.27. The van der Waals surface area contributed by atoms with Crippen LogP contribution in [0, 0.1) is 5.92 Å². The summed E-state index contributed by atoms with van der Waals surface area (Å²) < 4.78 is 29.3. The fraction of sp³-hybridized carbons (Fsp3) is 0.375. The van der Waals surface area contributed by atoms with Crippen LogP contribution in [0.25, 0.3) is 11.1 Å². The van der Waals surface area contributed by atoms with Crippen molar-refractivity contribution in [2.24, 2.45) is 5.92 Å². The summed E-state index contributed by atoms with van der Waals surface area (Å²) >= 11 is 0. The van der Waals surface area contributed by atoms with Crippen LogP contribution in [0.4, 0.5) is 0 Å². The van der Waals surface area contributed by atoms with Gasteiger partial charge in [0.05, 0.1) is 19.0 Å². The van der Waals surface area contributed by atoms with E-state index < -0.39 is 9.84 Å². The number of rotatable bonds is 7. The number of nitrogens with zero attached hydrogens (tertiary/aromatic N) is 2. The van der Waals surface area contributed by atoms with Crippen molar-refractivity contribution < 1.29 is 13.2 Å². The minimum atomic E-state index is -3.26. The summed E-state index contributed by atoms with van der Waals surface area (Å²) in [6.45, 7) is 2.89. The number of hydrogen-bond donors (Lipinski definition) is 1. The Morgan fingerprint density at radius 2 is 1.94 bits per heavy atom. The molecule has 0 spiro atoms. The Kier molecular flexibility index (Phi) is 6.43. The van der Waals surface area contributed by atoms with Gasteiger partial charge in [0.25, 0.3) is 0 Å². The molecule has 1 N–H and O–H groups in total. The summed E-state index contributed by atoms with van der Waals surface area (Å²) in [5.74, 6) is 1.27. The van der Waals surface area contributed by atoms with Crippen molar-refractivity contribution in [2.75, 3.05) is 26.5 Å². The number of benzene rings is 2. The van der Waals surface area contributed by atoms with Gasteiger partial charge in [-0.2, -0.15) is 5.10 Å². The van der Waals surface area contributed by atoms with Crippen molar-refractivity contribution in [1.82, 2.24) is 15.1 Å². The molecule has 1 unspecified atom stereocenters. The van der Waals surface area contributed by atoms with Gasteiger partial charge in [-0.25, -0.2) is 8.42 Å². The SMILES string of the molecule is COc1cccc(-c2cccc(CN3CCCC(Cc4[nH]ncc4S(C)(=O)=O)C3)c2)c1. The topological polar surface area (TPSA) is 75.3 Å². The number of likely N-dealkylation sites (tertiary alicyclic amines) is 1. The number of aromatic nitrogens is 2. The normalized spacial score (nSPS) is 17.5. The molecule has 2 aromatic carbocycles. The minimum absolute atomic E-state index is 0.329. The van der Waals surface area contributed by atoms with E-state index in [4.69, 9.17) is 4.74 Å². The zero-order valence-corrected chi connectivity index (χ0v) is 18.9. The van der Waals surface area contributed by atoms with Crippen molar-refractivity contribution >= 4 is 9.84 Å². The highest BCUT2D eigenvalue weighted by molar-refractivity contribution is 7.90. The third-order valence-corrected chi connectivity index (χ3v) is 7.06. The molecule has 0 radical (unpaired) electrons. The van der Waals surface area contributed by atoms with Crippen LogP contribution in [-0.2, 0) is 22.8 Å². The molecule has 4 rings (SSSR count). The van der Waals surface area contributed by atoms with Gasteiger partial charge >= 0.3 is 0 Å². The Bertz CT molecular complexity index is 1140. The van der Waals surface area contributed by atoms with Gasteiger partial charge in [0.15, 0.2) is 9.84 Å². The Balaban J connectivity index is 1.44. The summed E-state index contributed by atoms with van der Waals surface area (Å²) in [6.07, 6.45) is 5.59. The first-order valence-electron chi connectivity index (χ1n) is 10.6. The average Bonchev–Trinajstić information content (AvgIpc) is 3.23. The molecule has 0 bridgehead atoms. The van der Waals surface area contributed by atoms with Crippen LogP contribution < -0.4 is 4.74 Å². The van der Waals surface area contributed by atoms with Crippen LogP contribution in [-0.4, -0.2) is 50.0 Å². The van der Waals surface area contributed by atoms with Crippen LogP contribution in [0.5, 0.6) is 5.75 Å². The van der Waals surface area contributed by atoms with E-state index in [0.717, 1.165) is 49.5 Å². The molecule has 1 aliphatic rings. The molecule has 0 aliphatic carbocycles. The van der Waals surface area contributed by atoms with Gasteiger partial charge in [-0.3, -0.25) is 10.00 Å². The molecule has 6 nitrogen and oxygen atoms in total. The molecule has 1 aliphatic heterocycles. The monoisotopic (exact) mass is 439 g/mol. The molecule has 1 atom stereocenters. The van der Waals surface area contributed by atoms with Gasteiger partial charge in [0, 0.05) is 19.3 Å². The highest BCUT2D eigenvalue weighted by atomic mass is 32.2. The Labute approximate surface area is 184 Å². The van der Waals surface area contributed by atoms with Crippen molar-refractivity contribution in [3.05, 3.63) is 66.0 Å². The fourth-order valence-electron chi connectivity index (χ4n) is 4.43. The lowest BCUT2D eigenvalue weighted by atomic mass is 9.93. The minimum Gasteiger partial charge on any atom is -0.497 e. The number of piperidine rings is 1. The summed E-state index contributed by atoms with van der Waals surface area (Å²) in [7, 11) is -1.57. The second kappa shape index (κ2) is 9.24. The second-order valence-corrected chi connectivity index (χ2v) is 10.3. The zero-order chi connectivity index (χ0) is 21.8. The Morgan fingerprint density at radius 1 is 1.16 bits per heavy atom. The van der Waals surface area contributed by atoms with E-state index >= 15 is 0 Å². The van der Waals surface area contributed by atoms with E-state index in [9.17, 15) is 8.42 Å². The predicted molar refractivity (Wildman–Crippen MR) is 122 cm³/mol. The standard InChI is InChI=1S/C24H29N3O3S/c1-30-22-10-4-9-21(14-22)20-8-3-6-18(12-20)16-27-11-5-7-19(17-27)13-23-24(15-25-26-23)31(2,28)29/h3-4,6,8-10,12,14-15,19H,5,7,11,13,16-17H2,1-2H3,(H,25,26). The van der Waals surface area contributed by atoms with E-state index in [-0.39, 0.29) is 0 Å². The number of sulfone groups is 1. The van der Waals surface area contributed by atoms with Crippen molar-refractivity contribution in [3.63, 3.8) is 0 Å². The van der Waals surface area contributed by atoms with E-state index in [1.54, 1.807) is 7.11 Å². The molecule has 1 aromatic heterocycles. The summed E-state index contributed by atoms with van der Waals surface area (Å²) in [6, 6.07) is 16.8. The smallest absolute Gasteiger partial charge is 0.178 e. The lowest BCUT2D eigenvalue weighted by molar-refractivity contribution is 0.166. The van der Waals surface area contributed by atoms with Crippen molar-refractivity contribution in [2.45, 2.75) is 30.7 Å². The van der Waals surface area contributed by atoms with Crippen LogP contribution in [0.1, 0.15) is 24.1 Å². The molecule has 1 fully saturated rings. The number of aromatic amines is 1. The maximum atomic E-state index is 12.0. The van der Waals surface area contributed by atoms with Crippen molar-refractivity contribution in [1.29, 1.82) is 0 Å². The fourth-order valence-corrected chi connectivity index (χ4v) is 5.25. The Morgan fingerprint density at radius 3 is 2.71 bits per heavy atom. The number of nitrogens with one attached hydrogen (secondary N) is 1. The van der Waals surface area contributed by atoms with Gasteiger partial charge in [-0.15, -0.1) is 0 Å². The number of ether oxygens (including phenoxy) is 1. The zero-order valence-electron chi connectivity index (χ0n) is 18.0. The highest BCUT2D eigenvalue weighted by Gasteiger charge is 2.24. The maximum absolute atomic E-state index is 12.0. The molecular formula is C24H29N3O3S. The number of methoxy groups -OCH3 is 1. The van der Waals surface area contributed by atoms with E-state index in [1.807, 2.05) is 12.1 Å². The second-order valence-electron chi connectivity index (χ2n) is 8.36. The molecule has 2 heterocycles. The molecule has 3 aromatic rings. The van der Waals surface area contributed by atoms with E-state index in [0.29, 0.717) is 17.2 Å². The van der Waals surface area contributed by atoms with Gasteiger partial charge in [-0.1, -0.05) is 30.3 Å². The van der Waals surface area contributed by atoms with Crippen LogP contribution >= 0.6 is 0 Å². The van der Waals surface area contributed by atoms with Crippen LogP contribution in [0.3, 0.4) is 0 Å². The Hall–Kier alpha value is -2.64. The van der Waals surface area contributed by atoms with Crippen molar-refractivity contribution in [3.8, 4) is 16.9 Å². The molecular weight excluding hydrogens is 410 g/mol.